The molecule has 3 aromatic rings. The van der Waals surface area contributed by atoms with Gasteiger partial charge < -0.3 is 24.3 Å². The second-order valence-electron chi connectivity index (χ2n) is 9.51. The van der Waals surface area contributed by atoms with Gasteiger partial charge in [-0.05, 0) is 43.9 Å². The van der Waals surface area contributed by atoms with Crippen molar-refractivity contribution in [3.8, 4) is 5.75 Å². The predicted molar refractivity (Wildman–Crippen MR) is 135 cm³/mol. The molecule has 2 aliphatic rings. The number of halogens is 2. The van der Waals surface area contributed by atoms with Gasteiger partial charge in [-0.2, -0.15) is 0 Å². The van der Waals surface area contributed by atoms with Crippen LogP contribution in [0.2, 0.25) is 5.02 Å². The molecule has 2 amide bonds. The number of likely N-dealkylation sites (tertiary alicyclic amines) is 1. The van der Waals surface area contributed by atoms with Gasteiger partial charge in [0, 0.05) is 41.4 Å². The topological polar surface area (TPSA) is 107 Å². The number of ether oxygens (including phenoxy) is 2. The van der Waals surface area contributed by atoms with E-state index in [0.29, 0.717) is 22.9 Å². The largest absolute Gasteiger partial charge is 0.513 e. The molecule has 0 bridgehead atoms. The first-order valence-corrected chi connectivity index (χ1v) is 12.5. The van der Waals surface area contributed by atoms with Crippen LogP contribution >= 0.6 is 11.6 Å². The van der Waals surface area contributed by atoms with Crippen LogP contribution in [0.5, 0.6) is 5.75 Å². The molecule has 1 saturated carbocycles. The zero-order valence-corrected chi connectivity index (χ0v) is 21.5. The van der Waals surface area contributed by atoms with Gasteiger partial charge in [0.2, 0.25) is 11.8 Å². The molecule has 3 atom stereocenters. The van der Waals surface area contributed by atoms with Crippen LogP contribution in [0.4, 0.5) is 9.18 Å². The minimum absolute atomic E-state index is 0.0281. The number of carbonyl (C=O) groups is 4. The summed E-state index contributed by atoms with van der Waals surface area (Å²) in [4.78, 5) is 52.0. The van der Waals surface area contributed by atoms with Crippen molar-refractivity contribution >= 4 is 46.3 Å². The van der Waals surface area contributed by atoms with Crippen LogP contribution in [0.15, 0.2) is 42.6 Å². The standard InChI is InChI=1S/C27H25ClFN3O6/c1-14(33)19-12-31(22-10-17(6-7-18(19)22)38-27(36)37-2)13-24(34)32-21-8-16(21)9-23(32)26(35)30-11-15-4-3-5-20(28)25(15)29/h3-7,10,12,16,21,23H,8-9,11,13H2,1-2H3,(H,30,35)/t16-,21-,23+/m1/s1. The summed E-state index contributed by atoms with van der Waals surface area (Å²) in [6.07, 6.45) is 2.04. The minimum atomic E-state index is -0.895. The number of nitrogens with one attached hydrogen (secondary N) is 1. The number of hydrogen-bond donors (Lipinski definition) is 1. The minimum Gasteiger partial charge on any atom is -0.437 e. The molecule has 1 aliphatic heterocycles. The number of Topliss-reactive ketones (excluding diaryl/α,β-unsaturated/α-hetero) is 1. The Kier molecular flexibility index (Phi) is 6.83. The summed E-state index contributed by atoms with van der Waals surface area (Å²) in [5.74, 6) is -0.979. The molecule has 0 spiro atoms. The zero-order valence-electron chi connectivity index (χ0n) is 20.7. The monoisotopic (exact) mass is 541 g/mol. The first kappa shape index (κ1) is 25.7. The highest BCUT2D eigenvalue weighted by Gasteiger charge is 2.55. The Balaban J connectivity index is 1.36. The van der Waals surface area contributed by atoms with Gasteiger partial charge >= 0.3 is 6.16 Å². The lowest BCUT2D eigenvalue weighted by Crippen LogP contribution is -2.48. The third-order valence-electron chi connectivity index (χ3n) is 7.09. The fourth-order valence-electron chi connectivity index (χ4n) is 5.15. The highest BCUT2D eigenvalue weighted by atomic mass is 35.5. The Hall–Kier alpha value is -3.92. The van der Waals surface area contributed by atoms with Crippen LogP contribution in [0.25, 0.3) is 10.9 Å². The smallest absolute Gasteiger partial charge is 0.437 e. The highest BCUT2D eigenvalue weighted by Crippen LogP contribution is 2.48. The van der Waals surface area contributed by atoms with Crippen LogP contribution in [-0.2, 0) is 27.4 Å². The number of carbonyl (C=O) groups excluding carboxylic acids is 4. The van der Waals surface area contributed by atoms with Gasteiger partial charge in [-0.15, -0.1) is 0 Å². The number of piperidine rings is 1. The van der Waals surface area contributed by atoms with Gasteiger partial charge in [0.05, 0.1) is 17.6 Å². The van der Waals surface area contributed by atoms with Gasteiger partial charge in [-0.3, -0.25) is 14.4 Å². The molecule has 2 heterocycles. The number of ketones is 1. The van der Waals surface area contributed by atoms with Crippen molar-refractivity contribution in [3.05, 3.63) is 64.6 Å². The van der Waals surface area contributed by atoms with Crippen molar-refractivity contribution in [2.45, 2.75) is 44.9 Å². The lowest BCUT2D eigenvalue weighted by atomic mass is 10.1. The second-order valence-corrected chi connectivity index (χ2v) is 9.92. The molecule has 1 aromatic heterocycles. The third kappa shape index (κ3) is 4.83. The number of rotatable bonds is 7. The Bertz CT molecular complexity index is 1470. The van der Waals surface area contributed by atoms with Crippen molar-refractivity contribution < 1.29 is 33.0 Å². The summed E-state index contributed by atoms with van der Waals surface area (Å²) >= 11 is 5.83. The van der Waals surface area contributed by atoms with Crippen molar-refractivity contribution in [1.29, 1.82) is 0 Å². The lowest BCUT2D eigenvalue weighted by molar-refractivity contribution is -0.140. The molecule has 0 unspecified atom stereocenters. The summed E-state index contributed by atoms with van der Waals surface area (Å²) in [5, 5.41) is 3.31. The molecular formula is C27H25ClFN3O6. The van der Waals surface area contributed by atoms with Crippen LogP contribution in [-0.4, -0.2) is 52.4 Å². The number of aromatic nitrogens is 1. The molecule has 2 aromatic carbocycles. The Morgan fingerprint density at radius 1 is 1.16 bits per heavy atom. The fraction of sp³-hybridized carbons (Fsp3) is 0.333. The molecule has 0 radical (unpaired) electrons. The number of methoxy groups -OCH3 is 1. The number of nitrogens with zero attached hydrogens (tertiary/aromatic N) is 2. The normalized spacial score (nSPS) is 19.7. The van der Waals surface area contributed by atoms with E-state index in [0.717, 1.165) is 6.42 Å². The molecule has 1 N–H and O–H groups in total. The van der Waals surface area contributed by atoms with E-state index >= 15 is 0 Å². The number of benzene rings is 2. The zero-order chi connectivity index (χ0) is 27.1. The van der Waals surface area contributed by atoms with E-state index in [1.54, 1.807) is 39.9 Å². The number of amides is 2. The molecule has 5 rings (SSSR count). The van der Waals surface area contributed by atoms with Crippen molar-refractivity contribution in [1.82, 2.24) is 14.8 Å². The number of fused-ring (bicyclic) bond motifs is 2. The van der Waals surface area contributed by atoms with Crippen molar-refractivity contribution in [2.24, 2.45) is 5.92 Å². The maximum absolute atomic E-state index is 14.2. The molecule has 38 heavy (non-hydrogen) atoms. The molecule has 1 aliphatic carbocycles. The molecule has 1 saturated heterocycles. The summed E-state index contributed by atoms with van der Waals surface area (Å²) in [7, 11) is 1.19. The van der Waals surface area contributed by atoms with E-state index in [-0.39, 0.29) is 59.0 Å². The molecule has 2 fully saturated rings. The van der Waals surface area contributed by atoms with Crippen molar-refractivity contribution in [2.75, 3.05) is 7.11 Å². The Morgan fingerprint density at radius 3 is 2.68 bits per heavy atom. The van der Waals surface area contributed by atoms with Crippen LogP contribution in [0, 0.1) is 11.7 Å². The first-order chi connectivity index (χ1) is 18.2. The third-order valence-corrected chi connectivity index (χ3v) is 7.38. The molecule has 198 valence electrons. The van der Waals surface area contributed by atoms with E-state index in [4.69, 9.17) is 16.3 Å². The second kappa shape index (κ2) is 10.1. The van der Waals surface area contributed by atoms with E-state index in [1.165, 1.54) is 26.2 Å². The molecule has 9 nitrogen and oxygen atoms in total. The lowest BCUT2D eigenvalue weighted by Gasteiger charge is -2.27. The Morgan fingerprint density at radius 2 is 1.95 bits per heavy atom. The van der Waals surface area contributed by atoms with Crippen LogP contribution < -0.4 is 10.1 Å². The molecular weight excluding hydrogens is 517 g/mol. The summed E-state index contributed by atoms with van der Waals surface area (Å²) in [5.41, 5.74) is 1.20. The predicted octanol–water partition coefficient (Wildman–Crippen LogP) is 4.09. The van der Waals surface area contributed by atoms with Crippen LogP contribution in [0.3, 0.4) is 0 Å². The van der Waals surface area contributed by atoms with E-state index in [9.17, 15) is 23.6 Å². The highest BCUT2D eigenvalue weighted by molar-refractivity contribution is 6.30. The maximum atomic E-state index is 14.2. The summed E-state index contributed by atoms with van der Waals surface area (Å²) < 4.78 is 25.5. The number of hydrogen-bond acceptors (Lipinski definition) is 6. The average molecular weight is 542 g/mol. The van der Waals surface area contributed by atoms with Crippen molar-refractivity contribution in [3.63, 3.8) is 0 Å². The summed E-state index contributed by atoms with van der Waals surface area (Å²) in [6, 6.07) is 8.60. The van der Waals surface area contributed by atoms with Gasteiger partial charge in [0.1, 0.15) is 24.2 Å². The van der Waals surface area contributed by atoms with Gasteiger partial charge in [0.15, 0.2) is 5.78 Å². The van der Waals surface area contributed by atoms with Gasteiger partial charge in [-0.25, -0.2) is 9.18 Å². The fourth-order valence-corrected chi connectivity index (χ4v) is 5.34. The quantitative estimate of drug-likeness (QED) is 0.274. The maximum Gasteiger partial charge on any atom is 0.513 e. The SMILES string of the molecule is COC(=O)Oc1ccc2c(C(C)=O)cn(CC(=O)N3[C@@H]4C[C@@H]4C[C@H]3C(=O)NCc3cccc(Cl)c3F)c2c1. The van der Waals surface area contributed by atoms with E-state index in [2.05, 4.69) is 10.1 Å². The van der Waals surface area contributed by atoms with Gasteiger partial charge in [0.25, 0.3) is 0 Å². The first-order valence-electron chi connectivity index (χ1n) is 12.1. The van der Waals surface area contributed by atoms with Crippen LogP contribution in [0.1, 0.15) is 35.7 Å². The van der Waals surface area contributed by atoms with Gasteiger partial charge in [-0.1, -0.05) is 23.7 Å². The average Bonchev–Trinajstić information content (AvgIpc) is 3.40. The Labute approximate surface area is 222 Å². The van der Waals surface area contributed by atoms with E-state index in [1.807, 2.05) is 0 Å². The molecule has 11 heteroatoms. The van der Waals surface area contributed by atoms with E-state index < -0.39 is 18.0 Å². The summed E-state index contributed by atoms with van der Waals surface area (Å²) in [6.45, 7) is 1.26.